The van der Waals surface area contributed by atoms with Crippen LogP contribution in [-0.2, 0) is 5.41 Å². The Hall–Kier alpha value is -1.70. The summed E-state index contributed by atoms with van der Waals surface area (Å²) in [6, 6.07) is 7.33. The Morgan fingerprint density at radius 2 is 1.86 bits per heavy atom. The number of aryl methyl sites for hydroxylation is 1. The molecule has 3 rings (SSSR count). The van der Waals surface area contributed by atoms with E-state index in [-0.39, 0.29) is 6.04 Å². The van der Waals surface area contributed by atoms with E-state index in [1.165, 1.54) is 68.2 Å². The van der Waals surface area contributed by atoms with Gasteiger partial charge in [0.2, 0.25) is 0 Å². The van der Waals surface area contributed by atoms with E-state index in [2.05, 4.69) is 71.1 Å². The van der Waals surface area contributed by atoms with Gasteiger partial charge in [0.05, 0.1) is 6.04 Å². The largest absolute Gasteiger partial charge is 0.399 e. The van der Waals surface area contributed by atoms with Crippen LogP contribution in [0.25, 0.3) is 0 Å². The van der Waals surface area contributed by atoms with Gasteiger partial charge in [-0.25, -0.2) is 0 Å². The zero-order valence-corrected chi connectivity index (χ0v) is 19.6. The zero-order chi connectivity index (χ0) is 21.2. The predicted octanol–water partition coefficient (Wildman–Crippen LogP) is 7.19. The van der Waals surface area contributed by atoms with Crippen LogP contribution in [0, 0.1) is 12.3 Å². The van der Waals surface area contributed by atoms with Crippen LogP contribution in [0.1, 0.15) is 109 Å². The molecule has 3 N–H and O–H groups in total. The standard InChI is InChI=1S/C27H42N2/c1-7-12-27(8-2,16-15-26(6)13-9-14-26)23-11-10-22(17-19(23)3)25-18-24(28)20(4)21(5)29-25/h10-11,17-18,25,29H,7-9,12-16,28H2,1-6H3. The lowest BCUT2D eigenvalue weighted by Crippen LogP contribution is -2.32. The van der Waals surface area contributed by atoms with Gasteiger partial charge in [-0.3, -0.25) is 0 Å². The first-order valence-corrected chi connectivity index (χ1v) is 11.8. The molecule has 2 unspecified atom stereocenters. The maximum Gasteiger partial charge on any atom is 0.0717 e. The maximum absolute atomic E-state index is 6.26. The van der Waals surface area contributed by atoms with Gasteiger partial charge in [-0.05, 0) is 98.5 Å². The number of hydrogen-bond acceptors (Lipinski definition) is 2. The minimum Gasteiger partial charge on any atom is -0.399 e. The molecule has 0 bridgehead atoms. The van der Waals surface area contributed by atoms with Gasteiger partial charge < -0.3 is 11.1 Å². The summed E-state index contributed by atoms with van der Waals surface area (Å²) in [7, 11) is 0. The molecule has 1 aliphatic carbocycles. The van der Waals surface area contributed by atoms with Crippen molar-refractivity contribution in [1.82, 2.24) is 5.32 Å². The Morgan fingerprint density at radius 1 is 1.14 bits per heavy atom. The van der Waals surface area contributed by atoms with Crippen molar-refractivity contribution in [1.29, 1.82) is 0 Å². The van der Waals surface area contributed by atoms with Gasteiger partial charge >= 0.3 is 0 Å². The molecule has 1 aromatic rings. The van der Waals surface area contributed by atoms with Gasteiger partial charge in [-0.2, -0.15) is 0 Å². The number of dihydropyridines is 1. The van der Waals surface area contributed by atoms with E-state index in [1.807, 2.05) is 0 Å². The van der Waals surface area contributed by atoms with Crippen LogP contribution in [0.2, 0.25) is 0 Å². The van der Waals surface area contributed by atoms with E-state index in [0.717, 1.165) is 11.3 Å². The van der Waals surface area contributed by atoms with Crippen molar-refractivity contribution in [3.8, 4) is 0 Å². The van der Waals surface area contributed by atoms with Crippen molar-refractivity contribution in [2.24, 2.45) is 11.1 Å². The van der Waals surface area contributed by atoms with Crippen LogP contribution in [0.5, 0.6) is 0 Å². The summed E-state index contributed by atoms with van der Waals surface area (Å²) in [6.07, 6.45) is 12.9. The number of nitrogens with one attached hydrogen (secondary N) is 1. The number of benzene rings is 1. The summed E-state index contributed by atoms with van der Waals surface area (Å²) < 4.78 is 0. The lowest BCUT2D eigenvalue weighted by Gasteiger charge is -2.43. The summed E-state index contributed by atoms with van der Waals surface area (Å²) in [5, 5.41) is 3.62. The van der Waals surface area contributed by atoms with Gasteiger partial charge in [-0.15, -0.1) is 0 Å². The van der Waals surface area contributed by atoms with E-state index >= 15 is 0 Å². The van der Waals surface area contributed by atoms with Gasteiger partial charge in [-0.1, -0.05) is 51.8 Å². The number of allylic oxidation sites excluding steroid dienone is 2. The topological polar surface area (TPSA) is 38.0 Å². The maximum atomic E-state index is 6.26. The molecule has 1 saturated carbocycles. The molecule has 2 nitrogen and oxygen atoms in total. The third-order valence-electron chi connectivity index (χ3n) is 8.07. The number of rotatable bonds is 8. The molecule has 1 heterocycles. The second-order valence-electron chi connectivity index (χ2n) is 10.1. The van der Waals surface area contributed by atoms with Crippen LogP contribution in [0.3, 0.4) is 0 Å². The predicted molar refractivity (Wildman–Crippen MR) is 126 cm³/mol. The number of nitrogens with two attached hydrogens (primary N) is 1. The summed E-state index contributed by atoms with van der Waals surface area (Å²) in [5.74, 6) is 0. The van der Waals surface area contributed by atoms with Crippen molar-refractivity contribution in [2.45, 2.75) is 104 Å². The fourth-order valence-electron chi connectivity index (χ4n) is 5.55. The SMILES string of the molecule is CCCC(CC)(CCC1(C)CCC1)c1ccc(C2C=C(N)C(C)=C(C)N2)cc1C. The van der Waals surface area contributed by atoms with Crippen LogP contribution in [0.4, 0.5) is 0 Å². The third kappa shape index (κ3) is 4.42. The van der Waals surface area contributed by atoms with Crippen LogP contribution >= 0.6 is 0 Å². The molecule has 0 spiro atoms. The van der Waals surface area contributed by atoms with E-state index in [4.69, 9.17) is 5.73 Å². The van der Waals surface area contributed by atoms with E-state index in [0.29, 0.717) is 10.8 Å². The molecule has 2 aliphatic rings. The molecule has 1 aliphatic heterocycles. The van der Waals surface area contributed by atoms with Gasteiger partial charge in [0, 0.05) is 11.4 Å². The van der Waals surface area contributed by atoms with E-state index < -0.39 is 0 Å². The lowest BCUT2D eigenvalue weighted by atomic mass is 9.62. The fraction of sp³-hybridized carbons (Fsp3) is 0.630. The van der Waals surface area contributed by atoms with E-state index in [1.54, 1.807) is 5.56 Å². The summed E-state index contributed by atoms with van der Waals surface area (Å²) >= 11 is 0. The average molecular weight is 395 g/mol. The normalized spacial score (nSPS) is 23.1. The highest BCUT2D eigenvalue weighted by molar-refractivity contribution is 5.43. The highest BCUT2D eigenvalue weighted by Gasteiger charge is 2.37. The second-order valence-corrected chi connectivity index (χ2v) is 10.1. The molecule has 29 heavy (non-hydrogen) atoms. The van der Waals surface area contributed by atoms with Crippen molar-refractivity contribution >= 4 is 0 Å². The van der Waals surface area contributed by atoms with Crippen molar-refractivity contribution in [3.05, 3.63) is 57.9 Å². The molecule has 0 aromatic heterocycles. The minimum atomic E-state index is 0.169. The Balaban J connectivity index is 1.87. The van der Waals surface area contributed by atoms with Gasteiger partial charge in [0.25, 0.3) is 0 Å². The smallest absolute Gasteiger partial charge is 0.0717 e. The first-order valence-electron chi connectivity index (χ1n) is 11.8. The molecule has 1 fully saturated rings. The van der Waals surface area contributed by atoms with Gasteiger partial charge in [0.15, 0.2) is 0 Å². The molecule has 2 atom stereocenters. The monoisotopic (exact) mass is 394 g/mol. The molecule has 0 radical (unpaired) electrons. The van der Waals surface area contributed by atoms with E-state index in [9.17, 15) is 0 Å². The summed E-state index contributed by atoms with van der Waals surface area (Å²) in [4.78, 5) is 0. The Bertz CT molecular complexity index is 797. The van der Waals surface area contributed by atoms with Gasteiger partial charge in [0.1, 0.15) is 0 Å². The second kappa shape index (κ2) is 8.58. The first kappa shape index (κ1) is 22.0. The third-order valence-corrected chi connectivity index (χ3v) is 8.07. The molecule has 2 heteroatoms. The minimum absolute atomic E-state index is 0.169. The highest BCUT2D eigenvalue weighted by atomic mass is 14.9. The van der Waals surface area contributed by atoms with Crippen molar-refractivity contribution in [3.63, 3.8) is 0 Å². The quantitative estimate of drug-likeness (QED) is 0.489. The average Bonchev–Trinajstić information content (AvgIpc) is 2.67. The summed E-state index contributed by atoms with van der Waals surface area (Å²) in [6.45, 7) is 13.8. The Labute approximate surface area is 179 Å². The molecule has 160 valence electrons. The Morgan fingerprint density at radius 3 is 2.38 bits per heavy atom. The van der Waals surface area contributed by atoms with Crippen molar-refractivity contribution in [2.75, 3.05) is 0 Å². The lowest BCUT2D eigenvalue weighted by molar-refractivity contribution is 0.124. The highest BCUT2D eigenvalue weighted by Crippen LogP contribution is 2.49. The first-order chi connectivity index (χ1) is 13.7. The number of hydrogen-bond donors (Lipinski definition) is 2. The van der Waals surface area contributed by atoms with Crippen molar-refractivity contribution < 1.29 is 0 Å². The van der Waals surface area contributed by atoms with Crippen LogP contribution in [-0.4, -0.2) is 0 Å². The molecule has 1 aromatic carbocycles. The molecular formula is C27H42N2. The summed E-state index contributed by atoms with van der Waals surface area (Å²) in [5.41, 5.74) is 14.7. The molecule has 0 amide bonds. The Kier molecular flexibility index (Phi) is 6.51. The zero-order valence-electron chi connectivity index (χ0n) is 19.6. The fourth-order valence-corrected chi connectivity index (χ4v) is 5.55. The van der Waals surface area contributed by atoms with Crippen LogP contribution in [0.15, 0.2) is 41.2 Å². The molecule has 0 saturated heterocycles. The van der Waals surface area contributed by atoms with Crippen LogP contribution < -0.4 is 11.1 Å². The molecular weight excluding hydrogens is 352 g/mol.